The summed E-state index contributed by atoms with van der Waals surface area (Å²) in [5.41, 5.74) is 2.26. The van der Waals surface area contributed by atoms with Crippen molar-refractivity contribution in [2.45, 2.75) is 101 Å². The van der Waals surface area contributed by atoms with E-state index in [1.54, 1.807) is 35.1 Å². The van der Waals surface area contributed by atoms with E-state index in [1.165, 1.54) is 6.20 Å². The van der Waals surface area contributed by atoms with Gasteiger partial charge in [0, 0.05) is 44.1 Å². The summed E-state index contributed by atoms with van der Waals surface area (Å²) in [4.78, 5) is 79.7. The van der Waals surface area contributed by atoms with Gasteiger partial charge in [-0.3, -0.25) is 43.9 Å². The molecule has 6 fully saturated rings. The molecule has 3 aromatic heterocycles. The molecule has 4 aromatic rings. The van der Waals surface area contributed by atoms with Gasteiger partial charge < -0.3 is 25.2 Å². The van der Waals surface area contributed by atoms with E-state index in [4.69, 9.17) is 9.72 Å². The molecule has 18 heteroatoms. The quantitative estimate of drug-likeness (QED) is 0.156. The second kappa shape index (κ2) is 16.5. The Morgan fingerprint density at radius 1 is 0.938 bits per heavy atom. The lowest BCUT2D eigenvalue weighted by Crippen LogP contribution is -2.54. The van der Waals surface area contributed by atoms with Gasteiger partial charge in [0.05, 0.1) is 52.7 Å². The summed E-state index contributed by atoms with van der Waals surface area (Å²) < 4.78 is 36.2. The van der Waals surface area contributed by atoms with Crippen LogP contribution < -0.4 is 20.9 Å². The first kappa shape index (κ1) is 41.8. The van der Waals surface area contributed by atoms with Crippen molar-refractivity contribution in [1.82, 2.24) is 34.9 Å². The normalized spacial score (nSPS) is 26.6. The molecular formula is C47H52F2N10O6. The molecule has 65 heavy (non-hydrogen) atoms. The largest absolute Gasteiger partial charge is 0.384 e. The first-order valence-corrected chi connectivity index (χ1v) is 23.1. The molecule has 5 aliphatic heterocycles. The number of piperidine rings is 2. The van der Waals surface area contributed by atoms with Gasteiger partial charge in [-0.1, -0.05) is 6.07 Å². The Kier molecular flexibility index (Phi) is 10.6. The van der Waals surface area contributed by atoms with Crippen molar-refractivity contribution in [3.63, 3.8) is 0 Å². The van der Waals surface area contributed by atoms with Crippen LogP contribution in [0.3, 0.4) is 0 Å². The highest BCUT2D eigenvalue weighted by Crippen LogP contribution is 2.53. The summed E-state index contributed by atoms with van der Waals surface area (Å²) in [6.45, 7) is 5.16. The summed E-state index contributed by atoms with van der Waals surface area (Å²) in [5, 5.41) is 12.8. The molecule has 16 nitrogen and oxygen atoms in total. The number of nitrogens with zero attached hydrogens (tertiary/aromatic N) is 7. The standard InChI is InChI=1S/C47H52F2N10O6/c48-42(49)41-35(52-43(61)32-12-15-50-34-8-10-37(53-40(32)34)57-23-30-18-29(57)25-65-30)24-58(55-41)28-6-4-26(5-7-28)22-56-16-13-47(14-17-56)19-27(20-47)21-51-33-3-1-2-31-39(33)46(64)59(45(31)63)36-9-11-38(60)54-44(36)62/h1-3,8,10,12,15,24,26-30,36,42,51H,4-7,9,11,13-14,16-23,25H2,(H,52,61)(H,54,60,62)/t26-,28-,29?,30-,36?/m1/s1. The highest BCUT2D eigenvalue weighted by molar-refractivity contribution is 6.25. The van der Waals surface area contributed by atoms with E-state index in [1.807, 2.05) is 12.1 Å². The number of imide groups is 2. The van der Waals surface area contributed by atoms with Crippen LogP contribution >= 0.6 is 0 Å². The molecule has 5 amide bonds. The number of hydrogen-bond acceptors (Lipinski definition) is 12. The molecule has 8 heterocycles. The SMILES string of the molecule is O=C1CCC(N2C(=O)c3cccc(NCC4CC5(CCN(C[C@H]6CC[C@H](n7cc(NC(=O)c8ccnc9ccc(N%10C[C@H]%11CC%10CO%11)nc89)c(C(F)F)n7)CC6)CC5)C4)c3C2=O)C(=O)N1. The number of ether oxygens (including phenoxy) is 1. The maximum atomic E-state index is 14.4. The third-order valence-corrected chi connectivity index (χ3v) is 15.3. The number of pyridine rings is 2. The third kappa shape index (κ3) is 7.71. The number of halogens is 2. The number of carbonyl (C=O) groups is 5. The van der Waals surface area contributed by atoms with Gasteiger partial charge in [0.1, 0.15) is 17.4 Å². The van der Waals surface area contributed by atoms with Gasteiger partial charge in [0.25, 0.3) is 24.1 Å². The summed E-state index contributed by atoms with van der Waals surface area (Å²) in [5.74, 6) is -0.877. The lowest BCUT2D eigenvalue weighted by molar-refractivity contribution is -0.136. The summed E-state index contributed by atoms with van der Waals surface area (Å²) in [6, 6.07) is 9.68. The molecule has 7 aliphatic rings. The van der Waals surface area contributed by atoms with Crippen molar-refractivity contribution < 1.29 is 37.5 Å². The van der Waals surface area contributed by atoms with Crippen LogP contribution in [0.15, 0.2) is 48.8 Å². The maximum Gasteiger partial charge on any atom is 0.284 e. The predicted molar refractivity (Wildman–Crippen MR) is 234 cm³/mol. The van der Waals surface area contributed by atoms with Gasteiger partial charge in [-0.2, -0.15) is 5.10 Å². The van der Waals surface area contributed by atoms with Crippen molar-refractivity contribution in [1.29, 1.82) is 0 Å². The predicted octanol–water partition coefficient (Wildman–Crippen LogP) is 5.73. The first-order chi connectivity index (χ1) is 31.5. The molecule has 11 rings (SSSR count). The van der Waals surface area contributed by atoms with Crippen molar-refractivity contribution in [2.75, 3.05) is 54.9 Å². The number of amides is 5. The molecule has 1 aromatic carbocycles. The number of morpholine rings is 1. The summed E-state index contributed by atoms with van der Waals surface area (Å²) in [6.07, 6.45) is 9.58. The molecule has 340 valence electrons. The van der Waals surface area contributed by atoms with Crippen LogP contribution in [0, 0.1) is 17.3 Å². The fraction of sp³-hybridized carbons (Fsp3) is 0.532. The van der Waals surface area contributed by atoms with Crippen molar-refractivity contribution in [3.05, 3.63) is 71.2 Å². The Hall–Kier alpha value is -5.88. The number of carbonyl (C=O) groups excluding carboxylic acids is 5. The highest BCUT2D eigenvalue weighted by Gasteiger charge is 2.48. The van der Waals surface area contributed by atoms with Gasteiger partial charge in [-0.25, -0.2) is 13.8 Å². The number of fused-ring (bicyclic) bond motifs is 4. The number of alkyl halides is 2. The van der Waals surface area contributed by atoms with E-state index in [0.717, 1.165) is 94.7 Å². The fourth-order valence-corrected chi connectivity index (χ4v) is 11.9. The third-order valence-electron chi connectivity index (χ3n) is 15.3. The van der Waals surface area contributed by atoms with Crippen molar-refractivity contribution in [3.8, 4) is 0 Å². The lowest BCUT2D eigenvalue weighted by atomic mass is 9.57. The minimum Gasteiger partial charge on any atom is -0.384 e. The van der Waals surface area contributed by atoms with Crippen LogP contribution in [0.25, 0.3) is 11.0 Å². The van der Waals surface area contributed by atoms with Crippen LogP contribution in [-0.4, -0.2) is 117 Å². The van der Waals surface area contributed by atoms with Gasteiger partial charge in [-0.05, 0) is 125 Å². The van der Waals surface area contributed by atoms with Gasteiger partial charge in [0.2, 0.25) is 11.8 Å². The Morgan fingerprint density at radius 2 is 1.75 bits per heavy atom. The van der Waals surface area contributed by atoms with Gasteiger partial charge >= 0.3 is 0 Å². The Labute approximate surface area is 373 Å². The van der Waals surface area contributed by atoms with Crippen LogP contribution in [-0.2, 0) is 14.3 Å². The molecule has 0 radical (unpaired) electrons. The number of hydrogen-bond donors (Lipinski definition) is 3. The van der Waals surface area contributed by atoms with E-state index < -0.39 is 47.7 Å². The summed E-state index contributed by atoms with van der Waals surface area (Å²) >= 11 is 0. The summed E-state index contributed by atoms with van der Waals surface area (Å²) in [7, 11) is 0. The zero-order valence-electron chi connectivity index (χ0n) is 36.0. The van der Waals surface area contributed by atoms with Crippen LogP contribution in [0.4, 0.5) is 26.0 Å². The van der Waals surface area contributed by atoms with Crippen LogP contribution in [0.5, 0.6) is 0 Å². The first-order valence-electron chi connectivity index (χ1n) is 23.1. The highest BCUT2D eigenvalue weighted by atomic mass is 19.3. The monoisotopic (exact) mass is 890 g/mol. The van der Waals surface area contributed by atoms with Crippen LogP contribution in [0.1, 0.15) is 120 Å². The van der Waals surface area contributed by atoms with E-state index in [0.29, 0.717) is 47.1 Å². The van der Waals surface area contributed by atoms with Crippen molar-refractivity contribution in [2.24, 2.45) is 17.3 Å². The molecule has 2 unspecified atom stereocenters. The number of anilines is 3. The van der Waals surface area contributed by atoms with Gasteiger partial charge in [0.15, 0.2) is 5.69 Å². The smallest absolute Gasteiger partial charge is 0.284 e. The lowest BCUT2D eigenvalue weighted by Gasteiger charge is -2.53. The molecule has 3 N–H and O–H groups in total. The minimum absolute atomic E-state index is 0.00652. The second-order valence-electron chi connectivity index (χ2n) is 19.4. The Balaban J connectivity index is 0.651. The van der Waals surface area contributed by atoms with Crippen molar-refractivity contribution >= 4 is 57.8 Å². The number of benzene rings is 1. The second-order valence-corrected chi connectivity index (χ2v) is 19.4. The molecule has 2 saturated carbocycles. The fourth-order valence-electron chi connectivity index (χ4n) is 11.9. The topological polar surface area (TPSA) is 184 Å². The number of likely N-dealkylation sites (tertiary alicyclic amines) is 1. The zero-order valence-corrected chi connectivity index (χ0v) is 36.0. The van der Waals surface area contributed by atoms with Gasteiger partial charge in [-0.15, -0.1) is 0 Å². The van der Waals surface area contributed by atoms with Crippen LogP contribution in [0.2, 0.25) is 0 Å². The maximum absolute atomic E-state index is 14.4. The molecule has 2 bridgehead atoms. The Bertz CT molecular complexity index is 2580. The number of aromatic nitrogens is 4. The molecule has 2 aliphatic carbocycles. The average Bonchev–Trinajstić information content (AvgIpc) is 4.10. The van der Waals surface area contributed by atoms with E-state index in [-0.39, 0.29) is 53.4 Å². The van der Waals surface area contributed by atoms with E-state index in [2.05, 4.69) is 35.8 Å². The molecule has 4 saturated heterocycles. The Morgan fingerprint density at radius 3 is 2.49 bits per heavy atom. The van der Waals surface area contributed by atoms with E-state index >= 15 is 0 Å². The molecule has 1 spiro atoms. The molecule has 3 atom stereocenters. The molecular weight excluding hydrogens is 839 g/mol. The number of rotatable bonds is 11. The minimum atomic E-state index is -2.86. The zero-order chi connectivity index (χ0) is 44.6. The van der Waals surface area contributed by atoms with E-state index in [9.17, 15) is 32.8 Å². The number of nitrogens with one attached hydrogen (secondary N) is 3. The average molecular weight is 891 g/mol.